The van der Waals surface area contributed by atoms with Gasteiger partial charge in [-0.05, 0) is 17.5 Å². The molecule has 0 bridgehead atoms. The highest BCUT2D eigenvalue weighted by molar-refractivity contribution is 6.31. The van der Waals surface area contributed by atoms with Crippen molar-refractivity contribution in [3.63, 3.8) is 0 Å². The van der Waals surface area contributed by atoms with E-state index in [1.54, 1.807) is 6.07 Å². The van der Waals surface area contributed by atoms with Crippen molar-refractivity contribution in [3.8, 4) is 5.88 Å². The molecule has 0 radical (unpaired) electrons. The Bertz CT molecular complexity index is 650. The lowest BCUT2D eigenvalue weighted by atomic mass is 10.1. The standard InChI is InChI=1S/C14H15ClN2O2/c1-8(2)12-13(18)16-11(17-14(12)19)7-9-5-3-4-6-10(9)15/h3-6,8H,7H2,1-2H3,(H2,16,17,18,19). The molecule has 0 aliphatic carbocycles. The Morgan fingerprint density at radius 3 is 2.63 bits per heavy atom. The van der Waals surface area contributed by atoms with E-state index in [2.05, 4.69) is 9.97 Å². The first-order valence-electron chi connectivity index (χ1n) is 6.04. The molecule has 5 heteroatoms. The summed E-state index contributed by atoms with van der Waals surface area (Å²) in [6.07, 6.45) is 0.376. The fraction of sp³-hybridized carbons (Fsp3) is 0.286. The summed E-state index contributed by atoms with van der Waals surface area (Å²) in [4.78, 5) is 18.6. The molecule has 1 aromatic heterocycles. The van der Waals surface area contributed by atoms with Crippen molar-refractivity contribution in [2.75, 3.05) is 0 Å². The van der Waals surface area contributed by atoms with Crippen LogP contribution < -0.4 is 5.56 Å². The largest absolute Gasteiger partial charge is 0.493 e. The summed E-state index contributed by atoms with van der Waals surface area (Å²) in [7, 11) is 0. The highest BCUT2D eigenvalue weighted by Crippen LogP contribution is 2.21. The van der Waals surface area contributed by atoms with Crippen LogP contribution in [0.5, 0.6) is 5.88 Å². The fourth-order valence-corrected chi connectivity index (χ4v) is 2.14. The van der Waals surface area contributed by atoms with Crippen LogP contribution in [0.4, 0.5) is 0 Å². The van der Waals surface area contributed by atoms with Crippen molar-refractivity contribution >= 4 is 11.6 Å². The van der Waals surface area contributed by atoms with Gasteiger partial charge in [0.1, 0.15) is 5.82 Å². The SMILES string of the molecule is CC(C)c1c(O)nc(Cc2ccccc2Cl)[nH]c1=O. The average Bonchev–Trinajstić information content (AvgIpc) is 2.30. The summed E-state index contributed by atoms with van der Waals surface area (Å²) in [6.45, 7) is 3.67. The summed E-state index contributed by atoms with van der Waals surface area (Å²) in [5, 5.41) is 10.4. The summed E-state index contributed by atoms with van der Waals surface area (Å²) in [5.41, 5.74) is 0.858. The van der Waals surface area contributed by atoms with E-state index in [1.165, 1.54) is 0 Å². The molecule has 2 aromatic rings. The van der Waals surface area contributed by atoms with Crippen LogP contribution in [-0.2, 0) is 6.42 Å². The van der Waals surface area contributed by atoms with Crippen molar-refractivity contribution in [3.05, 3.63) is 56.6 Å². The lowest BCUT2D eigenvalue weighted by Gasteiger charge is -2.09. The first-order valence-corrected chi connectivity index (χ1v) is 6.42. The third kappa shape index (κ3) is 2.96. The van der Waals surface area contributed by atoms with Gasteiger partial charge in [0, 0.05) is 11.4 Å². The van der Waals surface area contributed by atoms with Crippen LogP contribution in [0, 0.1) is 0 Å². The van der Waals surface area contributed by atoms with Crippen LogP contribution in [-0.4, -0.2) is 15.1 Å². The fourth-order valence-electron chi connectivity index (χ4n) is 1.94. The Labute approximate surface area is 116 Å². The number of aromatic hydroxyl groups is 1. The van der Waals surface area contributed by atoms with Gasteiger partial charge in [0.05, 0.1) is 5.56 Å². The summed E-state index contributed by atoms with van der Waals surface area (Å²) < 4.78 is 0. The molecule has 0 saturated carbocycles. The number of rotatable bonds is 3. The molecule has 0 fully saturated rings. The van der Waals surface area contributed by atoms with Crippen LogP contribution >= 0.6 is 11.6 Å². The summed E-state index contributed by atoms with van der Waals surface area (Å²) in [6, 6.07) is 7.33. The average molecular weight is 279 g/mol. The maximum atomic E-state index is 11.9. The van der Waals surface area contributed by atoms with Gasteiger partial charge in [-0.3, -0.25) is 4.79 Å². The second kappa shape index (κ2) is 5.45. The second-order valence-electron chi connectivity index (χ2n) is 4.67. The molecule has 2 rings (SSSR count). The minimum absolute atomic E-state index is 0.0781. The first kappa shape index (κ1) is 13.6. The number of benzene rings is 1. The molecular weight excluding hydrogens is 264 g/mol. The first-order chi connectivity index (χ1) is 8.99. The molecule has 0 amide bonds. The van der Waals surface area contributed by atoms with Gasteiger partial charge in [-0.25, -0.2) is 0 Å². The molecule has 0 spiro atoms. The van der Waals surface area contributed by atoms with E-state index in [4.69, 9.17) is 11.6 Å². The van der Waals surface area contributed by atoms with E-state index in [1.807, 2.05) is 32.0 Å². The van der Waals surface area contributed by atoms with Crippen LogP contribution in [0.15, 0.2) is 29.1 Å². The predicted octanol–water partition coefficient (Wildman–Crippen LogP) is 2.84. The molecule has 1 aromatic carbocycles. The molecule has 19 heavy (non-hydrogen) atoms. The number of halogens is 1. The zero-order chi connectivity index (χ0) is 14.0. The Hall–Kier alpha value is -1.81. The molecular formula is C14H15ClN2O2. The van der Waals surface area contributed by atoms with Gasteiger partial charge in [0.25, 0.3) is 5.56 Å². The molecule has 0 unspecified atom stereocenters. The number of nitrogens with one attached hydrogen (secondary N) is 1. The van der Waals surface area contributed by atoms with Crippen molar-refractivity contribution in [1.29, 1.82) is 0 Å². The molecule has 4 nitrogen and oxygen atoms in total. The second-order valence-corrected chi connectivity index (χ2v) is 5.08. The van der Waals surface area contributed by atoms with Gasteiger partial charge in [-0.1, -0.05) is 43.6 Å². The summed E-state index contributed by atoms with van der Waals surface area (Å²) >= 11 is 6.05. The van der Waals surface area contributed by atoms with Gasteiger partial charge >= 0.3 is 0 Å². The maximum Gasteiger partial charge on any atom is 0.258 e. The van der Waals surface area contributed by atoms with Crippen molar-refractivity contribution in [2.45, 2.75) is 26.2 Å². The number of aromatic amines is 1. The smallest absolute Gasteiger partial charge is 0.258 e. The number of nitrogens with zero attached hydrogens (tertiary/aromatic N) is 1. The van der Waals surface area contributed by atoms with Gasteiger partial charge in [-0.2, -0.15) is 4.98 Å². The van der Waals surface area contributed by atoms with Crippen molar-refractivity contribution in [2.24, 2.45) is 0 Å². The monoisotopic (exact) mass is 278 g/mol. The maximum absolute atomic E-state index is 11.9. The lowest BCUT2D eigenvalue weighted by molar-refractivity contribution is 0.436. The molecule has 0 aliphatic rings. The number of hydrogen-bond donors (Lipinski definition) is 2. The third-order valence-corrected chi connectivity index (χ3v) is 3.25. The molecule has 100 valence electrons. The quantitative estimate of drug-likeness (QED) is 0.907. The normalized spacial score (nSPS) is 10.9. The number of aromatic nitrogens is 2. The van der Waals surface area contributed by atoms with E-state index >= 15 is 0 Å². The van der Waals surface area contributed by atoms with E-state index in [-0.39, 0.29) is 17.4 Å². The van der Waals surface area contributed by atoms with Crippen LogP contribution in [0.25, 0.3) is 0 Å². The minimum atomic E-state index is -0.301. The highest BCUT2D eigenvalue weighted by Gasteiger charge is 2.14. The number of hydrogen-bond acceptors (Lipinski definition) is 3. The Kier molecular flexibility index (Phi) is 3.90. The van der Waals surface area contributed by atoms with Crippen molar-refractivity contribution < 1.29 is 5.11 Å². The molecule has 1 heterocycles. The topological polar surface area (TPSA) is 66.0 Å². The van der Waals surface area contributed by atoms with Crippen LogP contribution in [0.3, 0.4) is 0 Å². The lowest BCUT2D eigenvalue weighted by Crippen LogP contribution is -2.18. The van der Waals surface area contributed by atoms with Crippen molar-refractivity contribution in [1.82, 2.24) is 9.97 Å². The van der Waals surface area contributed by atoms with Crippen LogP contribution in [0.1, 0.15) is 36.7 Å². The van der Waals surface area contributed by atoms with Gasteiger partial charge in [0.15, 0.2) is 0 Å². The Morgan fingerprint density at radius 1 is 1.37 bits per heavy atom. The predicted molar refractivity (Wildman–Crippen MR) is 74.9 cm³/mol. The zero-order valence-corrected chi connectivity index (χ0v) is 11.5. The minimum Gasteiger partial charge on any atom is -0.493 e. The Balaban J connectivity index is 2.38. The van der Waals surface area contributed by atoms with E-state index in [0.717, 1.165) is 5.56 Å². The highest BCUT2D eigenvalue weighted by atomic mass is 35.5. The van der Waals surface area contributed by atoms with Gasteiger partial charge in [0.2, 0.25) is 5.88 Å². The molecule has 0 aliphatic heterocycles. The van der Waals surface area contributed by atoms with Crippen LogP contribution in [0.2, 0.25) is 5.02 Å². The molecule has 0 saturated heterocycles. The van der Waals surface area contributed by atoms with E-state index in [0.29, 0.717) is 22.8 Å². The molecule has 0 atom stereocenters. The van der Waals surface area contributed by atoms with Gasteiger partial charge < -0.3 is 10.1 Å². The van der Waals surface area contributed by atoms with E-state index in [9.17, 15) is 9.90 Å². The number of H-pyrrole nitrogens is 1. The van der Waals surface area contributed by atoms with E-state index < -0.39 is 0 Å². The Morgan fingerprint density at radius 2 is 2.05 bits per heavy atom. The molecule has 2 N–H and O–H groups in total. The third-order valence-electron chi connectivity index (χ3n) is 2.88. The zero-order valence-electron chi connectivity index (χ0n) is 10.8. The summed E-state index contributed by atoms with van der Waals surface area (Å²) in [5.74, 6) is 0.117. The van der Waals surface area contributed by atoms with Gasteiger partial charge in [-0.15, -0.1) is 0 Å².